The number of thiophene rings is 1. The van der Waals surface area contributed by atoms with E-state index in [0.717, 1.165) is 22.6 Å². The number of aryl methyl sites for hydroxylation is 1. The molecule has 3 rings (SSSR count). The highest BCUT2D eigenvalue weighted by atomic mass is 32.1. The van der Waals surface area contributed by atoms with E-state index in [4.69, 9.17) is 0 Å². The lowest BCUT2D eigenvalue weighted by Crippen LogP contribution is -2.32. The van der Waals surface area contributed by atoms with Gasteiger partial charge in [0.25, 0.3) is 0 Å². The molecule has 0 bridgehead atoms. The van der Waals surface area contributed by atoms with Crippen LogP contribution in [-0.2, 0) is 4.79 Å². The van der Waals surface area contributed by atoms with Crippen LogP contribution in [0.4, 0.5) is 5.82 Å². The van der Waals surface area contributed by atoms with Gasteiger partial charge in [-0.2, -0.15) is 0 Å². The Labute approximate surface area is 114 Å². The fourth-order valence-corrected chi connectivity index (χ4v) is 3.37. The van der Waals surface area contributed by atoms with E-state index in [1.165, 1.54) is 4.88 Å². The van der Waals surface area contributed by atoms with Gasteiger partial charge in [-0.05, 0) is 26.3 Å². The molecule has 1 aliphatic rings. The quantitative estimate of drug-likeness (QED) is 0.912. The second-order valence-electron chi connectivity index (χ2n) is 5.31. The maximum atomic E-state index is 11.3. The standard InChI is InChI=1S/C13H15N3O2S/c1-8-5-9-10(14-7-15-11(9)19-8)16-4-3-13(2,6-16)12(17)18/h5,7H,3-4,6H2,1-2H3,(H,17,18). The molecule has 0 aromatic carbocycles. The molecule has 1 N–H and O–H groups in total. The Morgan fingerprint density at radius 3 is 3.00 bits per heavy atom. The van der Waals surface area contributed by atoms with Crippen molar-refractivity contribution < 1.29 is 9.90 Å². The van der Waals surface area contributed by atoms with Crippen LogP contribution in [0.15, 0.2) is 12.4 Å². The van der Waals surface area contributed by atoms with Gasteiger partial charge in [-0.25, -0.2) is 9.97 Å². The number of carboxylic acid groups (broad SMARTS) is 1. The maximum Gasteiger partial charge on any atom is 0.311 e. The third-order valence-electron chi connectivity index (χ3n) is 3.72. The Bertz CT molecular complexity index is 654. The number of aliphatic carboxylic acids is 1. The Morgan fingerprint density at radius 1 is 1.53 bits per heavy atom. The van der Waals surface area contributed by atoms with Gasteiger partial charge in [-0.15, -0.1) is 11.3 Å². The molecule has 0 radical (unpaired) electrons. The third-order valence-corrected chi connectivity index (χ3v) is 4.68. The molecule has 100 valence electrons. The van der Waals surface area contributed by atoms with Crippen LogP contribution in [0.1, 0.15) is 18.2 Å². The molecule has 6 heteroatoms. The van der Waals surface area contributed by atoms with Crippen LogP contribution in [0.3, 0.4) is 0 Å². The molecule has 1 aliphatic heterocycles. The zero-order chi connectivity index (χ0) is 13.6. The van der Waals surface area contributed by atoms with E-state index in [0.29, 0.717) is 13.0 Å². The number of rotatable bonds is 2. The van der Waals surface area contributed by atoms with Gasteiger partial charge in [0.2, 0.25) is 0 Å². The predicted octanol–water partition coefficient (Wildman–Crippen LogP) is 2.30. The van der Waals surface area contributed by atoms with Crippen LogP contribution in [-0.4, -0.2) is 34.1 Å². The molecule has 1 fully saturated rings. The summed E-state index contributed by atoms with van der Waals surface area (Å²) < 4.78 is 0. The van der Waals surface area contributed by atoms with Crippen LogP contribution >= 0.6 is 11.3 Å². The third kappa shape index (κ3) is 1.96. The normalized spacial score (nSPS) is 23.2. The van der Waals surface area contributed by atoms with E-state index in [1.54, 1.807) is 24.6 Å². The molecule has 2 aromatic heterocycles. The lowest BCUT2D eigenvalue weighted by Gasteiger charge is -2.21. The summed E-state index contributed by atoms with van der Waals surface area (Å²) in [5.74, 6) is 0.126. The van der Waals surface area contributed by atoms with Crippen LogP contribution < -0.4 is 4.90 Å². The SMILES string of the molecule is Cc1cc2c(N3CCC(C)(C(=O)O)C3)ncnc2s1. The summed E-state index contributed by atoms with van der Waals surface area (Å²) in [4.78, 5) is 24.2. The van der Waals surface area contributed by atoms with E-state index in [-0.39, 0.29) is 0 Å². The first-order valence-electron chi connectivity index (χ1n) is 6.19. The molecule has 0 amide bonds. The molecule has 2 aromatic rings. The zero-order valence-electron chi connectivity index (χ0n) is 10.9. The number of fused-ring (bicyclic) bond motifs is 1. The molecule has 3 heterocycles. The summed E-state index contributed by atoms with van der Waals surface area (Å²) >= 11 is 1.64. The molecule has 19 heavy (non-hydrogen) atoms. The minimum atomic E-state index is -0.734. The van der Waals surface area contributed by atoms with Crippen molar-refractivity contribution in [1.29, 1.82) is 0 Å². The Balaban J connectivity index is 2.00. The van der Waals surface area contributed by atoms with Crippen LogP contribution in [0.5, 0.6) is 0 Å². The topological polar surface area (TPSA) is 66.3 Å². The number of aromatic nitrogens is 2. The molecular weight excluding hydrogens is 262 g/mol. The first-order chi connectivity index (χ1) is 8.99. The highest BCUT2D eigenvalue weighted by molar-refractivity contribution is 7.18. The van der Waals surface area contributed by atoms with Crippen molar-refractivity contribution in [3.05, 3.63) is 17.3 Å². The maximum absolute atomic E-state index is 11.3. The molecule has 1 atom stereocenters. The monoisotopic (exact) mass is 277 g/mol. The van der Waals surface area contributed by atoms with Gasteiger partial charge >= 0.3 is 5.97 Å². The van der Waals surface area contributed by atoms with Gasteiger partial charge in [0.1, 0.15) is 17.0 Å². The first-order valence-corrected chi connectivity index (χ1v) is 7.01. The average Bonchev–Trinajstić information content (AvgIpc) is 2.91. The minimum Gasteiger partial charge on any atom is -0.481 e. The molecule has 1 saturated heterocycles. The second-order valence-corrected chi connectivity index (χ2v) is 6.55. The average molecular weight is 277 g/mol. The molecular formula is C13H15N3O2S. The number of nitrogens with zero attached hydrogens (tertiary/aromatic N) is 3. The van der Waals surface area contributed by atoms with E-state index in [9.17, 15) is 9.90 Å². The fraction of sp³-hybridized carbons (Fsp3) is 0.462. The largest absolute Gasteiger partial charge is 0.481 e. The second kappa shape index (κ2) is 4.16. The molecule has 0 aliphatic carbocycles. The van der Waals surface area contributed by atoms with Gasteiger partial charge < -0.3 is 10.0 Å². The Morgan fingerprint density at radius 2 is 2.32 bits per heavy atom. The zero-order valence-corrected chi connectivity index (χ0v) is 11.7. The summed E-state index contributed by atoms with van der Waals surface area (Å²) in [5.41, 5.74) is -0.678. The Hall–Kier alpha value is -1.69. The summed E-state index contributed by atoms with van der Waals surface area (Å²) in [6.07, 6.45) is 2.21. The first kappa shape index (κ1) is 12.3. The highest BCUT2D eigenvalue weighted by Crippen LogP contribution is 2.36. The van der Waals surface area contributed by atoms with Crippen molar-refractivity contribution in [2.24, 2.45) is 5.41 Å². The van der Waals surface area contributed by atoms with Crippen molar-refractivity contribution in [1.82, 2.24) is 9.97 Å². The lowest BCUT2D eigenvalue weighted by molar-refractivity contribution is -0.146. The van der Waals surface area contributed by atoms with E-state index >= 15 is 0 Å². The van der Waals surface area contributed by atoms with Crippen molar-refractivity contribution in [2.75, 3.05) is 18.0 Å². The van der Waals surface area contributed by atoms with Crippen molar-refractivity contribution >= 4 is 33.3 Å². The number of hydrogen-bond donors (Lipinski definition) is 1. The van der Waals surface area contributed by atoms with Crippen LogP contribution in [0.25, 0.3) is 10.2 Å². The summed E-state index contributed by atoms with van der Waals surface area (Å²) in [5, 5.41) is 10.3. The molecule has 0 saturated carbocycles. The van der Waals surface area contributed by atoms with Gasteiger partial charge in [-0.3, -0.25) is 4.79 Å². The highest BCUT2D eigenvalue weighted by Gasteiger charge is 2.41. The number of carboxylic acids is 1. The summed E-state index contributed by atoms with van der Waals surface area (Å²) in [7, 11) is 0. The Kier molecular flexibility index (Phi) is 2.70. The molecule has 1 unspecified atom stereocenters. The number of anilines is 1. The van der Waals surface area contributed by atoms with E-state index in [1.807, 2.05) is 6.92 Å². The van der Waals surface area contributed by atoms with Gasteiger partial charge in [0.15, 0.2) is 0 Å². The summed E-state index contributed by atoms with van der Waals surface area (Å²) in [6, 6.07) is 2.08. The number of carbonyl (C=O) groups is 1. The lowest BCUT2D eigenvalue weighted by atomic mass is 9.90. The fourth-order valence-electron chi connectivity index (χ4n) is 2.53. The minimum absolute atomic E-state index is 0.503. The summed E-state index contributed by atoms with van der Waals surface area (Å²) in [6.45, 7) is 5.07. The molecule has 5 nitrogen and oxygen atoms in total. The number of hydrogen-bond acceptors (Lipinski definition) is 5. The van der Waals surface area contributed by atoms with Gasteiger partial charge in [0.05, 0.1) is 10.8 Å². The van der Waals surface area contributed by atoms with Crippen molar-refractivity contribution in [3.63, 3.8) is 0 Å². The molecule has 0 spiro atoms. The van der Waals surface area contributed by atoms with Crippen LogP contribution in [0.2, 0.25) is 0 Å². The van der Waals surface area contributed by atoms with Gasteiger partial charge in [-0.1, -0.05) is 0 Å². The predicted molar refractivity (Wildman–Crippen MR) is 74.7 cm³/mol. The van der Waals surface area contributed by atoms with E-state index in [2.05, 4.69) is 20.9 Å². The van der Waals surface area contributed by atoms with Gasteiger partial charge in [0, 0.05) is 18.0 Å². The van der Waals surface area contributed by atoms with Crippen molar-refractivity contribution in [2.45, 2.75) is 20.3 Å². The van der Waals surface area contributed by atoms with Crippen LogP contribution in [0, 0.1) is 12.3 Å². The van der Waals surface area contributed by atoms with E-state index < -0.39 is 11.4 Å². The smallest absolute Gasteiger partial charge is 0.311 e. The van der Waals surface area contributed by atoms with Crippen molar-refractivity contribution in [3.8, 4) is 0 Å².